The fourth-order valence-electron chi connectivity index (χ4n) is 1.02. The first kappa shape index (κ1) is 12.9. The zero-order valence-corrected chi connectivity index (χ0v) is 11.1. The Hall–Kier alpha value is -1.16. The first-order valence-electron chi connectivity index (χ1n) is 5.37. The Balaban J connectivity index is 2.49. The second kappa shape index (κ2) is 5.25. The highest BCUT2D eigenvalue weighted by Crippen LogP contribution is 2.18. The van der Waals surface area contributed by atoms with E-state index in [2.05, 4.69) is 43.3 Å². The molecule has 1 aromatic heterocycles. The largest absolute Gasteiger partial charge is 0.359 e. The van der Waals surface area contributed by atoms with Gasteiger partial charge in [0, 0.05) is 12.2 Å². The fourth-order valence-corrected chi connectivity index (χ4v) is 1.31. The van der Waals surface area contributed by atoms with Crippen molar-refractivity contribution >= 4 is 23.0 Å². The van der Waals surface area contributed by atoms with Crippen LogP contribution < -0.4 is 10.6 Å². The summed E-state index contributed by atoms with van der Waals surface area (Å²) < 4.78 is 0. The summed E-state index contributed by atoms with van der Waals surface area (Å²) >= 11 is 5.23. The molecule has 3 nitrogen and oxygen atoms in total. The predicted octanol–water partition coefficient (Wildman–Crippen LogP) is 2.80. The highest BCUT2D eigenvalue weighted by molar-refractivity contribution is 7.80. The van der Waals surface area contributed by atoms with E-state index in [9.17, 15) is 0 Å². The molecular weight excluding hydrogens is 218 g/mol. The van der Waals surface area contributed by atoms with Crippen molar-refractivity contribution in [1.29, 1.82) is 0 Å². The number of rotatable bonds is 2. The summed E-state index contributed by atoms with van der Waals surface area (Å²) in [7, 11) is 0. The molecule has 0 amide bonds. The molecule has 0 aliphatic heterocycles. The number of nitrogens with zero attached hydrogens (tertiary/aromatic N) is 1. The van der Waals surface area contributed by atoms with Gasteiger partial charge in [-0.15, -0.1) is 0 Å². The van der Waals surface area contributed by atoms with Crippen LogP contribution in [0.2, 0.25) is 0 Å². The van der Waals surface area contributed by atoms with Crippen molar-refractivity contribution in [2.45, 2.75) is 33.7 Å². The first-order chi connectivity index (χ1) is 7.39. The molecule has 4 heteroatoms. The SMILES string of the molecule is C[C@H](NC(=S)Nc1cccnc1)C(C)(C)C. The Morgan fingerprint density at radius 1 is 1.44 bits per heavy atom. The van der Waals surface area contributed by atoms with Gasteiger partial charge in [0.15, 0.2) is 5.11 Å². The topological polar surface area (TPSA) is 37.0 Å². The molecule has 0 fully saturated rings. The molecule has 0 saturated heterocycles. The molecule has 0 saturated carbocycles. The van der Waals surface area contributed by atoms with Crippen molar-refractivity contribution in [2.75, 3.05) is 5.32 Å². The average molecular weight is 237 g/mol. The number of thiocarbonyl (C=S) groups is 1. The zero-order chi connectivity index (χ0) is 12.2. The van der Waals surface area contributed by atoms with E-state index in [1.54, 1.807) is 12.4 Å². The molecule has 1 rings (SSSR count). The summed E-state index contributed by atoms with van der Waals surface area (Å²) in [5.41, 5.74) is 1.09. The number of hydrogen-bond acceptors (Lipinski definition) is 2. The first-order valence-corrected chi connectivity index (χ1v) is 5.78. The molecule has 88 valence electrons. The van der Waals surface area contributed by atoms with Crippen molar-refractivity contribution in [3.05, 3.63) is 24.5 Å². The van der Waals surface area contributed by atoms with Gasteiger partial charge in [0.25, 0.3) is 0 Å². The molecule has 0 bridgehead atoms. The Morgan fingerprint density at radius 2 is 2.12 bits per heavy atom. The molecule has 0 aliphatic carbocycles. The number of hydrogen-bond donors (Lipinski definition) is 2. The number of anilines is 1. The molecule has 0 spiro atoms. The van der Waals surface area contributed by atoms with Crippen LogP contribution in [-0.2, 0) is 0 Å². The highest BCUT2D eigenvalue weighted by Gasteiger charge is 2.20. The standard InChI is InChI=1S/C12H19N3S/c1-9(12(2,3)4)14-11(16)15-10-6-5-7-13-8-10/h5-9H,1-4H3,(H2,14,15,16)/t9-/m0/s1. The van der Waals surface area contributed by atoms with Gasteiger partial charge < -0.3 is 10.6 Å². The summed E-state index contributed by atoms with van der Waals surface area (Å²) in [6.45, 7) is 8.66. The maximum Gasteiger partial charge on any atom is 0.171 e. The van der Waals surface area contributed by atoms with Gasteiger partial charge in [-0.1, -0.05) is 20.8 Å². The van der Waals surface area contributed by atoms with E-state index in [0.29, 0.717) is 11.2 Å². The Morgan fingerprint density at radius 3 is 2.62 bits per heavy atom. The molecule has 0 radical (unpaired) electrons. The lowest BCUT2D eigenvalue weighted by Crippen LogP contribution is -2.43. The Labute approximate surface area is 103 Å². The maximum atomic E-state index is 5.23. The van der Waals surface area contributed by atoms with Crippen molar-refractivity contribution in [1.82, 2.24) is 10.3 Å². The number of pyridine rings is 1. The van der Waals surface area contributed by atoms with Crippen LogP contribution in [0.1, 0.15) is 27.7 Å². The molecule has 0 unspecified atom stereocenters. The van der Waals surface area contributed by atoms with Crippen LogP contribution in [0.15, 0.2) is 24.5 Å². The van der Waals surface area contributed by atoms with E-state index in [0.717, 1.165) is 5.69 Å². The van der Waals surface area contributed by atoms with Crippen LogP contribution in [0.5, 0.6) is 0 Å². The fraction of sp³-hybridized carbons (Fsp3) is 0.500. The van der Waals surface area contributed by atoms with Gasteiger partial charge in [0.05, 0.1) is 11.9 Å². The summed E-state index contributed by atoms with van der Waals surface area (Å²) in [6, 6.07) is 4.12. The van der Waals surface area contributed by atoms with Crippen LogP contribution in [-0.4, -0.2) is 16.1 Å². The van der Waals surface area contributed by atoms with Crippen molar-refractivity contribution < 1.29 is 0 Å². The summed E-state index contributed by atoms with van der Waals surface area (Å²) in [6.07, 6.45) is 3.48. The minimum absolute atomic E-state index is 0.181. The van der Waals surface area contributed by atoms with Crippen molar-refractivity contribution in [3.63, 3.8) is 0 Å². The van der Waals surface area contributed by atoms with Gasteiger partial charge in [0.1, 0.15) is 0 Å². The quantitative estimate of drug-likeness (QED) is 0.776. The molecule has 16 heavy (non-hydrogen) atoms. The van der Waals surface area contributed by atoms with Gasteiger partial charge >= 0.3 is 0 Å². The normalized spacial score (nSPS) is 13.0. The molecule has 1 atom stereocenters. The highest BCUT2D eigenvalue weighted by atomic mass is 32.1. The van der Waals surface area contributed by atoms with E-state index in [-0.39, 0.29) is 5.41 Å². The summed E-state index contributed by atoms with van der Waals surface area (Å²) in [5, 5.41) is 7.00. The van der Waals surface area contributed by atoms with Crippen LogP contribution in [0, 0.1) is 5.41 Å². The third-order valence-electron chi connectivity index (χ3n) is 2.57. The van der Waals surface area contributed by atoms with Crippen molar-refractivity contribution in [3.8, 4) is 0 Å². The monoisotopic (exact) mass is 237 g/mol. The van der Waals surface area contributed by atoms with Crippen LogP contribution >= 0.6 is 12.2 Å². The lowest BCUT2D eigenvalue weighted by Gasteiger charge is -2.29. The Kier molecular flexibility index (Phi) is 4.24. The van der Waals surface area contributed by atoms with Gasteiger partial charge in [0.2, 0.25) is 0 Å². The third-order valence-corrected chi connectivity index (χ3v) is 2.79. The van der Waals surface area contributed by atoms with E-state index >= 15 is 0 Å². The summed E-state index contributed by atoms with van der Waals surface area (Å²) in [4.78, 5) is 4.02. The van der Waals surface area contributed by atoms with Gasteiger partial charge in [-0.3, -0.25) is 4.98 Å². The minimum Gasteiger partial charge on any atom is -0.359 e. The molecule has 2 N–H and O–H groups in total. The van der Waals surface area contributed by atoms with E-state index < -0.39 is 0 Å². The smallest absolute Gasteiger partial charge is 0.171 e. The summed E-state index contributed by atoms with van der Waals surface area (Å²) in [5.74, 6) is 0. The van der Waals surface area contributed by atoms with Gasteiger partial charge in [-0.05, 0) is 36.7 Å². The maximum absolute atomic E-state index is 5.23. The second-order valence-corrected chi connectivity index (χ2v) is 5.34. The van der Waals surface area contributed by atoms with Crippen LogP contribution in [0.4, 0.5) is 5.69 Å². The van der Waals surface area contributed by atoms with E-state index in [1.807, 2.05) is 12.1 Å². The van der Waals surface area contributed by atoms with Gasteiger partial charge in [-0.2, -0.15) is 0 Å². The lowest BCUT2D eigenvalue weighted by molar-refractivity contribution is 0.317. The van der Waals surface area contributed by atoms with Gasteiger partial charge in [-0.25, -0.2) is 0 Å². The predicted molar refractivity (Wildman–Crippen MR) is 72.5 cm³/mol. The minimum atomic E-state index is 0.181. The van der Waals surface area contributed by atoms with Crippen molar-refractivity contribution in [2.24, 2.45) is 5.41 Å². The Bertz CT molecular complexity index is 343. The lowest BCUT2D eigenvalue weighted by atomic mass is 9.88. The number of nitrogens with one attached hydrogen (secondary N) is 2. The molecule has 0 aromatic carbocycles. The molecule has 1 aromatic rings. The number of aromatic nitrogens is 1. The average Bonchev–Trinajstić information content (AvgIpc) is 2.17. The molecule has 0 aliphatic rings. The molecular formula is C12H19N3S. The second-order valence-electron chi connectivity index (χ2n) is 4.93. The zero-order valence-electron chi connectivity index (χ0n) is 10.2. The van der Waals surface area contributed by atoms with Crippen LogP contribution in [0.3, 0.4) is 0 Å². The van der Waals surface area contributed by atoms with E-state index in [1.165, 1.54) is 0 Å². The van der Waals surface area contributed by atoms with Crippen LogP contribution in [0.25, 0.3) is 0 Å². The third kappa shape index (κ3) is 4.14. The molecule has 1 heterocycles. The van der Waals surface area contributed by atoms with E-state index in [4.69, 9.17) is 12.2 Å².